The molecule has 0 aromatic heterocycles. The maximum atomic E-state index is 12.3. The number of hydrogen-bond donors (Lipinski definition) is 2. The number of benzene rings is 1. The zero-order chi connectivity index (χ0) is 14.7. The van der Waals surface area contributed by atoms with E-state index in [2.05, 4.69) is 22.5 Å². The van der Waals surface area contributed by atoms with Gasteiger partial charge in [0.2, 0.25) is 0 Å². The molecule has 3 rings (SSSR count). The molecule has 1 aromatic carbocycles. The Hall–Kier alpha value is -1.75. The lowest BCUT2D eigenvalue weighted by molar-refractivity contribution is 0.0944. The number of carbonyl (C=O) groups excluding carboxylic acids is 1. The average molecular weight is 289 g/mol. The predicted molar refractivity (Wildman–Crippen MR) is 83.0 cm³/mol. The fraction of sp³-hybridized carbons (Fsp3) is 0.562. The molecule has 0 bridgehead atoms. The van der Waals surface area contributed by atoms with E-state index < -0.39 is 0 Å². The summed E-state index contributed by atoms with van der Waals surface area (Å²) in [5, 5.41) is 6.26. The third-order valence-electron chi connectivity index (χ3n) is 4.08. The summed E-state index contributed by atoms with van der Waals surface area (Å²) in [6, 6.07) is 6.39. The van der Waals surface area contributed by atoms with Crippen molar-refractivity contribution >= 4 is 11.6 Å². The molecule has 5 heteroatoms. The third kappa shape index (κ3) is 3.29. The number of likely N-dealkylation sites (N-methyl/N-ethyl adjacent to an activating group) is 1. The van der Waals surface area contributed by atoms with Crippen molar-refractivity contribution in [2.24, 2.45) is 0 Å². The Labute approximate surface area is 125 Å². The fourth-order valence-corrected chi connectivity index (χ4v) is 2.80. The second-order valence-corrected chi connectivity index (χ2v) is 5.57. The monoisotopic (exact) mass is 289 g/mol. The molecule has 0 saturated heterocycles. The lowest BCUT2D eigenvalue weighted by atomic mass is 10.1. The quantitative estimate of drug-likeness (QED) is 0.837. The minimum Gasteiger partial charge on any atom is -0.489 e. The fourth-order valence-electron chi connectivity index (χ4n) is 2.80. The summed E-state index contributed by atoms with van der Waals surface area (Å²) in [7, 11) is 0. The van der Waals surface area contributed by atoms with Crippen LogP contribution in [0.4, 0.5) is 5.69 Å². The summed E-state index contributed by atoms with van der Waals surface area (Å²) in [5.74, 6) is 0.623. The number of amides is 1. The minimum atomic E-state index is -0.0533. The number of nitrogens with one attached hydrogen (secondary N) is 2. The van der Waals surface area contributed by atoms with Crippen LogP contribution in [0.1, 0.15) is 30.1 Å². The molecule has 114 valence electrons. The molecular weight excluding hydrogens is 266 g/mol. The summed E-state index contributed by atoms with van der Waals surface area (Å²) in [6.07, 6.45) is 2.60. The molecule has 2 aliphatic rings. The molecule has 0 unspecified atom stereocenters. The van der Waals surface area contributed by atoms with Crippen LogP contribution >= 0.6 is 0 Å². The molecule has 1 fully saturated rings. The number of rotatable bonds is 6. The maximum absolute atomic E-state index is 12.3. The summed E-state index contributed by atoms with van der Waals surface area (Å²) >= 11 is 0. The van der Waals surface area contributed by atoms with Crippen LogP contribution in [-0.2, 0) is 0 Å². The SMILES string of the molecule is CCN(CCNC(=O)c1cccc2c1OCCN2)C1CC1. The van der Waals surface area contributed by atoms with Crippen LogP contribution in [0.3, 0.4) is 0 Å². The topological polar surface area (TPSA) is 53.6 Å². The van der Waals surface area contributed by atoms with Crippen LogP contribution in [0, 0.1) is 0 Å². The van der Waals surface area contributed by atoms with E-state index in [0.29, 0.717) is 24.5 Å². The molecule has 5 nitrogen and oxygen atoms in total. The van der Waals surface area contributed by atoms with Crippen molar-refractivity contribution in [3.63, 3.8) is 0 Å². The predicted octanol–water partition coefficient (Wildman–Crippen LogP) is 1.70. The van der Waals surface area contributed by atoms with Crippen LogP contribution in [0.15, 0.2) is 18.2 Å². The lowest BCUT2D eigenvalue weighted by Gasteiger charge is -2.22. The van der Waals surface area contributed by atoms with Gasteiger partial charge in [0.15, 0.2) is 5.75 Å². The Morgan fingerprint density at radius 1 is 1.48 bits per heavy atom. The molecule has 1 aromatic rings. The van der Waals surface area contributed by atoms with Crippen LogP contribution in [0.25, 0.3) is 0 Å². The number of nitrogens with zero attached hydrogens (tertiary/aromatic N) is 1. The average Bonchev–Trinajstić information content (AvgIpc) is 3.35. The number of anilines is 1. The van der Waals surface area contributed by atoms with E-state index in [1.165, 1.54) is 12.8 Å². The number of carbonyl (C=O) groups is 1. The van der Waals surface area contributed by atoms with Crippen molar-refractivity contribution in [2.75, 3.05) is 38.1 Å². The number of fused-ring (bicyclic) bond motifs is 1. The van der Waals surface area contributed by atoms with Crippen LogP contribution in [0.5, 0.6) is 5.75 Å². The van der Waals surface area contributed by atoms with E-state index in [1.54, 1.807) is 0 Å². The van der Waals surface area contributed by atoms with Gasteiger partial charge in [-0.25, -0.2) is 0 Å². The smallest absolute Gasteiger partial charge is 0.255 e. The molecular formula is C16H23N3O2. The zero-order valence-corrected chi connectivity index (χ0v) is 12.5. The molecule has 0 radical (unpaired) electrons. The molecule has 2 N–H and O–H groups in total. The van der Waals surface area contributed by atoms with E-state index >= 15 is 0 Å². The van der Waals surface area contributed by atoms with Crippen molar-refractivity contribution in [3.05, 3.63) is 23.8 Å². The van der Waals surface area contributed by atoms with Crippen LogP contribution in [-0.4, -0.2) is 49.6 Å². The van der Waals surface area contributed by atoms with Crippen molar-refractivity contribution in [1.29, 1.82) is 0 Å². The molecule has 0 atom stereocenters. The van der Waals surface area contributed by atoms with Crippen molar-refractivity contribution in [1.82, 2.24) is 10.2 Å². The second kappa shape index (κ2) is 6.35. The summed E-state index contributed by atoms with van der Waals surface area (Å²) in [6.45, 7) is 6.20. The number of ether oxygens (including phenoxy) is 1. The highest BCUT2D eigenvalue weighted by Crippen LogP contribution is 2.31. The second-order valence-electron chi connectivity index (χ2n) is 5.57. The standard InChI is InChI=1S/C16H23N3O2/c1-2-19(12-6-7-12)10-8-18-16(20)13-4-3-5-14-15(13)21-11-9-17-14/h3-5,12,17H,2,6-11H2,1H3,(H,18,20). The van der Waals surface area contributed by atoms with Crippen LogP contribution in [0.2, 0.25) is 0 Å². The van der Waals surface area contributed by atoms with E-state index in [9.17, 15) is 4.79 Å². The van der Waals surface area contributed by atoms with Gasteiger partial charge in [0, 0.05) is 25.7 Å². The van der Waals surface area contributed by atoms with Gasteiger partial charge in [-0.2, -0.15) is 0 Å². The lowest BCUT2D eigenvalue weighted by Crippen LogP contribution is -2.36. The maximum Gasteiger partial charge on any atom is 0.255 e. The highest BCUT2D eigenvalue weighted by molar-refractivity contribution is 5.98. The van der Waals surface area contributed by atoms with Crippen molar-refractivity contribution in [2.45, 2.75) is 25.8 Å². The normalized spacial score (nSPS) is 16.9. The molecule has 1 heterocycles. The van der Waals surface area contributed by atoms with E-state index in [-0.39, 0.29) is 5.91 Å². The van der Waals surface area contributed by atoms with Crippen molar-refractivity contribution < 1.29 is 9.53 Å². The highest BCUT2D eigenvalue weighted by Gasteiger charge is 2.27. The first-order chi connectivity index (χ1) is 10.3. The van der Waals surface area contributed by atoms with Gasteiger partial charge in [0.05, 0.1) is 11.3 Å². The Morgan fingerprint density at radius 2 is 2.33 bits per heavy atom. The zero-order valence-electron chi connectivity index (χ0n) is 12.5. The summed E-state index contributed by atoms with van der Waals surface area (Å²) in [5.41, 5.74) is 1.52. The molecule has 1 amide bonds. The molecule has 1 aliphatic heterocycles. The number of hydrogen-bond acceptors (Lipinski definition) is 4. The van der Waals surface area contributed by atoms with E-state index in [1.807, 2.05) is 18.2 Å². The van der Waals surface area contributed by atoms with E-state index in [4.69, 9.17) is 4.74 Å². The molecule has 21 heavy (non-hydrogen) atoms. The summed E-state index contributed by atoms with van der Waals surface area (Å²) < 4.78 is 5.64. The van der Waals surface area contributed by atoms with Gasteiger partial charge in [0.1, 0.15) is 6.61 Å². The van der Waals surface area contributed by atoms with Gasteiger partial charge in [-0.3, -0.25) is 9.69 Å². The number of para-hydroxylation sites is 1. The first-order valence-electron chi connectivity index (χ1n) is 7.81. The molecule has 0 spiro atoms. The Bertz CT molecular complexity index is 514. The third-order valence-corrected chi connectivity index (χ3v) is 4.08. The Balaban J connectivity index is 1.58. The highest BCUT2D eigenvalue weighted by atomic mass is 16.5. The van der Waals surface area contributed by atoms with Gasteiger partial charge in [-0.15, -0.1) is 0 Å². The first-order valence-corrected chi connectivity index (χ1v) is 7.81. The Morgan fingerprint density at radius 3 is 3.10 bits per heavy atom. The van der Waals surface area contributed by atoms with Gasteiger partial charge in [0.25, 0.3) is 5.91 Å². The largest absolute Gasteiger partial charge is 0.489 e. The summed E-state index contributed by atoms with van der Waals surface area (Å²) in [4.78, 5) is 14.8. The van der Waals surface area contributed by atoms with Gasteiger partial charge < -0.3 is 15.4 Å². The Kier molecular flexibility index (Phi) is 4.29. The van der Waals surface area contributed by atoms with Crippen molar-refractivity contribution in [3.8, 4) is 5.75 Å². The molecule has 1 saturated carbocycles. The molecule has 1 aliphatic carbocycles. The van der Waals surface area contributed by atoms with Gasteiger partial charge in [-0.1, -0.05) is 13.0 Å². The van der Waals surface area contributed by atoms with Crippen LogP contribution < -0.4 is 15.4 Å². The minimum absolute atomic E-state index is 0.0533. The first kappa shape index (κ1) is 14.2. The van der Waals surface area contributed by atoms with Gasteiger partial charge >= 0.3 is 0 Å². The van der Waals surface area contributed by atoms with Gasteiger partial charge in [-0.05, 0) is 31.5 Å². The van der Waals surface area contributed by atoms with E-state index in [0.717, 1.165) is 31.4 Å².